The molecular weight excluding hydrogens is 997 g/mol. The molecule has 0 aliphatic carbocycles. The Morgan fingerprint density at radius 3 is 0.802 bits per heavy atom. The van der Waals surface area contributed by atoms with E-state index in [2.05, 4.69) is 167 Å². The summed E-state index contributed by atoms with van der Waals surface area (Å²) in [6.07, 6.45) is 98.7. The Hall–Kier alpha value is -4.97. The van der Waals surface area contributed by atoms with Gasteiger partial charge < -0.3 is 14.2 Å². The van der Waals surface area contributed by atoms with Gasteiger partial charge in [-0.3, -0.25) is 14.4 Å². The van der Waals surface area contributed by atoms with Crippen molar-refractivity contribution >= 4 is 17.9 Å². The molecule has 0 spiro atoms. The molecule has 1 atom stereocenters. The summed E-state index contributed by atoms with van der Waals surface area (Å²) in [6.45, 7) is 6.19. The van der Waals surface area contributed by atoms with Gasteiger partial charge in [-0.15, -0.1) is 0 Å². The standard InChI is InChI=1S/C75H120O6/c1-4-7-10-13-16-19-22-25-27-29-30-31-32-33-34-35-36-37-38-39-40-41-42-43-44-46-47-50-53-56-59-62-65-68-74(77)80-71-72(70-79-73(76)67-64-61-58-55-52-49-24-21-18-15-12-9-6-3)81-75(78)69-66-63-60-57-54-51-48-45-28-26-23-20-17-14-11-8-5-2/h7-12,16-21,25-28,30-31,48-49,51-52,57-58,60-61,72H,4-6,13-15,22-24,29,32-47,50,53-56,59,62-71H2,1-3H3/b10-7-,11-8-,12-9-,19-16-,20-17-,21-18-,27-25-,28-26-,31-30-,51-48-,52-49-,60-57-,61-58-. The predicted octanol–water partition coefficient (Wildman–Crippen LogP) is 22.9. The summed E-state index contributed by atoms with van der Waals surface area (Å²) < 4.78 is 16.8. The van der Waals surface area contributed by atoms with Gasteiger partial charge in [0.2, 0.25) is 0 Å². The lowest BCUT2D eigenvalue weighted by Gasteiger charge is -2.18. The summed E-state index contributed by atoms with van der Waals surface area (Å²) in [5, 5.41) is 0. The molecule has 0 aromatic heterocycles. The molecule has 0 fully saturated rings. The van der Waals surface area contributed by atoms with Crippen LogP contribution in [0.4, 0.5) is 0 Å². The summed E-state index contributed by atoms with van der Waals surface area (Å²) in [4.78, 5) is 38.2. The molecule has 81 heavy (non-hydrogen) atoms. The fourth-order valence-corrected chi connectivity index (χ4v) is 8.72. The molecule has 0 N–H and O–H groups in total. The number of unbranched alkanes of at least 4 members (excludes halogenated alkanes) is 21. The largest absolute Gasteiger partial charge is 0.462 e. The molecule has 0 radical (unpaired) electrons. The number of carbonyl (C=O) groups is 3. The van der Waals surface area contributed by atoms with Gasteiger partial charge in [0, 0.05) is 19.3 Å². The third kappa shape index (κ3) is 65.7. The van der Waals surface area contributed by atoms with Crippen LogP contribution in [0.2, 0.25) is 0 Å². The van der Waals surface area contributed by atoms with Gasteiger partial charge in [-0.1, -0.05) is 294 Å². The first-order valence-electron chi connectivity index (χ1n) is 33.0. The highest BCUT2D eigenvalue weighted by Crippen LogP contribution is 2.16. The summed E-state index contributed by atoms with van der Waals surface area (Å²) in [5.74, 6) is -1.07. The van der Waals surface area contributed by atoms with Crippen LogP contribution in [-0.4, -0.2) is 37.2 Å². The highest BCUT2D eigenvalue weighted by molar-refractivity contribution is 5.71. The molecule has 0 heterocycles. The first kappa shape index (κ1) is 76.0. The van der Waals surface area contributed by atoms with Crippen LogP contribution < -0.4 is 0 Å². The van der Waals surface area contributed by atoms with Crippen molar-refractivity contribution in [3.8, 4) is 0 Å². The van der Waals surface area contributed by atoms with Gasteiger partial charge in [0.25, 0.3) is 0 Å². The molecular formula is C75H120O6. The monoisotopic (exact) mass is 1120 g/mol. The third-order valence-electron chi connectivity index (χ3n) is 13.5. The van der Waals surface area contributed by atoms with Crippen LogP contribution in [0.25, 0.3) is 0 Å². The maximum absolute atomic E-state index is 12.9. The molecule has 6 heteroatoms. The Labute approximate surface area is 499 Å². The van der Waals surface area contributed by atoms with Crippen molar-refractivity contribution in [1.82, 2.24) is 0 Å². The van der Waals surface area contributed by atoms with Crippen LogP contribution in [0.15, 0.2) is 158 Å². The van der Waals surface area contributed by atoms with Gasteiger partial charge in [-0.25, -0.2) is 0 Å². The average molecular weight is 1120 g/mol. The Kier molecular flexibility index (Phi) is 63.4. The number of hydrogen-bond donors (Lipinski definition) is 0. The molecule has 0 saturated heterocycles. The number of esters is 3. The molecule has 0 rings (SSSR count). The molecule has 456 valence electrons. The maximum Gasteiger partial charge on any atom is 0.306 e. The van der Waals surface area contributed by atoms with E-state index in [9.17, 15) is 14.4 Å². The zero-order valence-corrected chi connectivity index (χ0v) is 52.2. The second kappa shape index (κ2) is 67.5. The van der Waals surface area contributed by atoms with Crippen LogP contribution in [-0.2, 0) is 28.6 Å². The third-order valence-corrected chi connectivity index (χ3v) is 13.5. The summed E-state index contributed by atoms with van der Waals surface area (Å²) >= 11 is 0. The van der Waals surface area contributed by atoms with Gasteiger partial charge in [0.05, 0.1) is 0 Å². The fourth-order valence-electron chi connectivity index (χ4n) is 8.72. The van der Waals surface area contributed by atoms with Gasteiger partial charge in [0.15, 0.2) is 6.10 Å². The average Bonchev–Trinajstić information content (AvgIpc) is 3.46. The second-order valence-electron chi connectivity index (χ2n) is 21.2. The lowest BCUT2D eigenvalue weighted by molar-refractivity contribution is -0.166. The lowest BCUT2D eigenvalue weighted by atomic mass is 10.0. The van der Waals surface area contributed by atoms with Crippen LogP contribution >= 0.6 is 0 Å². The van der Waals surface area contributed by atoms with E-state index in [-0.39, 0.29) is 44.0 Å². The summed E-state index contributed by atoms with van der Waals surface area (Å²) in [5.41, 5.74) is 0. The van der Waals surface area contributed by atoms with E-state index in [1.807, 2.05) is 12.2 Å². The minimum atomic E-state index is -0.842. The number of carbonyl (C=O) groups excluding carboxylic acids is 3. The quantitative estimate of drug-likeness (QED) is 0.0261. The zero-order valence-electron chi connectivity index (χ0n) is 52.2. The first-order valence-corrected chi connectivity index (χ1v) is 33.0. The van der Waals surface area contributed by atoms with Crippen molar-refractivity contribution in [2.45, 2.75) is 284 Å². The van der Waals surface area contributed by atoms with Gasteiger partial charge in [-0.2, -0.15) is 0 Å². The molecule has 0 aromatic rings. The van der Waals surface area contributed by atoms with Crippen molar-refractivity contribution in [3.05, 3.63) is 158 Å². The SMILES string of the molecule is CC/C=C\C/C=C\C/C=C\C/C=C\C/C=C\CCCC(=O)OC(COC(=O)CC/C=C\C/C=C\C/C=C\C/C=C\CC)COC(=O)CCCCCCCCCCCCCCCCCCCCCC/C=C\C/C=C\C/C=C\C/C=C\CC. The predicted molar refractivity (Wildman–Crippen MR) is 352 cm³/mol. The Bertz CT molecular complexity index is 1810. The summed E-state index contributed by atoms with van der Waals surface area (Å²) in [7, 11) is 0. The molecule has 1 unspecified atom stereocenters. The van der Waals surface area contributed by atoms with E-state index in [4.69, 9.17) is 14.2 Å². The zero-order chi connectivity index (χ0) is 58.5. The summed E-state index contributed by atoms with van der Waals surface area (Å²) in [6, 6.07) is 0. The number of hydrogen-bond acceptors (Lipinski definition) is 6. The van der Waals surface area contributed by atoms with Crippen molar-refractivity contribution in [1.29, 1.82) is 0 Å². The highest BCUT2D eigenvalue weighted by atomic mass is 16.6. The molecule has 0 amide bonds. The minimum Gasteiger partial charge on any atom is -0.462 e. The van der Waals surface area contributed by atoms with Crippen LogP contribution in [0.3, 0.4) is 0 Å². The van der Waals surface area contributed by atoms with E-state index < -0.39 is 6.10 Å². The van der Waals surface area contributed by atoms with Crippen molar-refractivity contribution < 1.29 is 28.6 Å². The number of ether oxygens (including phenoxy) is 3. The maximum atomic E-state index is 12.9. The first-order chi connectivity index (χ1) is 40.0. The smallest absolute Gasteiger partial charge is 0.306 e. The number of allylic oxidation sites excluding steroid dienone is 26. The molecule has 0 aliphatic rings. The normalized spacial score (nSPS) is 13.2. The van der Waals surface area contributed by atoms with Crippen LogP contribution in [0.1, 0.15) is 278 Å². The lowest BCUT2D eigenvalue weighted by Crippen LogP contribution is -2.30. The van der Waals surface area contributed by atoms with E-state index in [1.165, 1.54) is 116 Å². The number of rotatable bonds is 58. The van der Waals surface area contributed by atoms with Crippen LogP contribution in [0, 0.1) is 0 Å². The van der Waals surface area contributed by atoms with Gasteiger partial charge in [0.1, 0.15) is 13.2 Å². The Balaban J connectivity index is 4.26. The van der Waals surface area contributed by atoms with Crippen molar-refractivity contribution in [2.75, 3.05) is 13.2 Å². The second-order valence-corrected chi connectivity index (χ2v) is 21.2. The van der Waals surface area contributed by atoms with E-state index in [0.29, 0.717) is 19.3 Å². The molecule has 0 saturated carbocycles. The molecule has 0 aliphatic heterocycles. The van der Waals surface area contributed by atoms with E-state index in [1.54, 1.807) is 0 Å². The molecule has 6 nitrogen and oxygen atoms in total. The van der Waals surface area contributed by atoms with E-state index >= 15 is 0 Å². The Morgan fingerprint density at radius 2 is 0.481 bits per heavy atom. The van der Waals surface area contributed by atoms with Crippen molar-refractivity contribution in [3.63, 3.8) is 0 Å². The Morgan fingerprint density at radius 1 is 0.247 bits per heavy atom. The minimum absolute atomic E-state index is 0.126. The van der Waals surface area contributed by atoms with Gasteiger partial charge >= 0.3 is 17.9 Å². The molecule has 0 aromatic carbocycles. The fraction of sp³-hybridized carbons (Fsp3) is 0.613. The van der Waals surface area contributed by atoms with E-state index in [0.717, 1.165) is 109 Å². The topological polar surface area (TPSA) is 78.9 Å². The van der Waals surface area contributed by atoms with Crippen molar-refractivity contribution in [2.24, 2.45) is 0 Å². The highest BCUT2D eigenvalue weighted by Gasteiger charge is 2.19. The van der Waals surface area contributed by atoms with Crippen LogP contribution in [0.5, 0.6) is 0 Å². The van der Waals surface area contributed by atoms with Gasteiger partial charge in [-0.05, 0) is 122 Å². The molecule has 0 bridgehead atoms.